The first kappa shape index (κ1) is 19.5. The van der Waals surface area contributed by atoms with Crippen molar-refractivity contribution in [2.45, 2.75) is 19.8 Å². The Morgan fingerprint density at radius 2 is 1.93 bits per heavy atom. The molecule has 1 aromatic heterocycles. The molecule has 2 heterocycles. The highest BCUT2D eigenvalue weighted by Gasteiger charge is 2.22. The van der Waals surface area contributed by atoms with Crippen molar-refractivity contribution in [3.8, 4) is 0 Å². The van der Waals surface area contributed by atoms with Crippen LogP contribution in [0.15, 0.2) is 23.2 Å². The maximum atomic E-state index is 13.7. The summed E-state index contributed by atoms with van der Waals surface area (Å²) in [5.41, 5.74) is 0.105. The Morgan fingerprint density at radius 3 is 2.52 bits per heavy atom. The zero-order valence-corrected chi connectivity index (χ0v) is 16.4. The predicted molar refractivity (Wildman–Crippen MR) is 104 cm³/mol. The third-order valence-electron chi connectivity index (χ3n) is 4.55. The summed E-state index contributed by atoms with van der Waals surface area (Å²) in [5, 5.41) is 4.17. The van der Waals surface area contributed by atoms with Crippen molar-refractivity contribution in [2.24, 2.45) is 4.99 Å². The van der Waals surface area contributed by atoms with E-state index in [0.717, 1.165) is 49.5 Å². The SMILES string of the molecule is CCc1nsc(N2CCN(C(=NC)NCCc3c(F)cccc3F)CC2)n1. The molecule has 1 aromatic carbocycles. The van der Waals surface area contributed by atoms with E-state index in [0.29, 0.717) is 6.54 Å². The number of piperazine rings is 1. The van der Waals surface area contributed by atoms with E-state index in [2.05, 4.69) is 29.5 Å². The zero-order chi connectivity index (χ0) is 19.2. The zero-order valence-electron chi connectivity index (χ0n) is 15.6. The number of aliphatic imine (C=N–C) groups is 1. The molecule has 2 aromatic rings. The summed E-state index contributed by atoms with van der Waals surface area (Å²) < 4.78 is 31.8. The van der Waals surface area contributed by atoms with Crippen LogP contribution in [0.4, 0.5) is 13.9 Å². The summed E-state index contributed by atoms with van der Waals surface area (Å²) in [6.07, 6.45) is 1.11. The van der Waals surface area contributed by atoms with E-state index in [1.54, 1.807) is 7.05 Å². The fourth-order valence-corrected chi connectivity index (χ4v) is 3.83. The molecule has 0 saturated carbocycles. The summed E-state index contributed by atoms with van der Waals surface area (Å²) in [4.78, 5) is 13.2. The number of hydrogen-bond acceptors (Lipinski definition) is 5. The molecule has 1 saturated heterocycles. The van der Waals surface area contributed by atoms with Crippen LogP contribution in [0.5, 0.6) is 0 Å². The van der Waals surface area contributed by atoms with Crippen LogP contribution in [-0.2, 0) is 12.8 Å². The highest BCUT2D eigenvalue weighted by Crippen LogP contribution is 2.19. The number of nitrogens with zero attached hydrogens (tertiary/aromatic N) is 5. The van der Waals surface area contributed by atoms with E-state index in [9.17, 15) is 8.78 Å². The van der Waals surface area contributed by atoms with E-state index in [1.165, 1.54) is 29.7 Å². The van der Waals surface area contributed by atoms with Crippen molar-refractivity contribution in [1.29, 1.82) is 0 Å². The van der Waals surface area contributed by atoms with Crippen LogP contribution in [0, 0.1) is 11.6 Å². The normalized spacial score (nSPS) is 15.3. The van der Waals surface area contributed by atoms with Gasteiger partial charge in [0.2, 0.25) is 5.13 Å². The van der Waals surface area contributed by atoms with Gasteiger partial charge in [-0.3, -0.25) is 4.99 Å². The number of rotatable bonds is 5. The minimum Gasteiger partial charge on any atom is -0.356 e. The Labute approximate surface area is 162 Å². The number of benzene rings is 1. The number of guanidine groups is 1. The lowest BCUT2D eigenvalue weighted by Crippen LogP contribution is -2.52. The minimum atomic E-state index is -0.510. The molecule has 0 unspecified atom stereocenters. The number of nitrogens with one attached hydrogen (secondary N) is 1. The number of anilines is 1. The Hall–Kier alpha value is -2.29. The molecule has 1 N–H and O–H groups in total. The van der Waals surface area contributed by atoms with Gasteiger partial charge in [-0.1, -0.05) is 13.0 Å². The van der Waals surface area contributed by atoms with Gasteiger partial charge in [-0.05, 0) is 18.6 Å². The van der Waals surface area contributed by atoms with Crippen molar-refractivity contribution < 1.29 is 8.78 Å². The van der Waals surface area contributed by atoms with Gasteiger partial charge in [0.05, 0.1) is 0 Å². The van der Waals surface area contributed by atoms with Gasteiger partial charge in [0.15, 0.2) is 5.96 Å². The Balaban J connectivity index is 1.50. The molecule has 1 fully saturated rings. The van der Waals surface area contributed by atoms with Gasteiger partial charge in [0, 0.05) is 63.3 Å². The molecule has 27 heavy (non-hydrogen) atoms. The highest BCUT2D eigenvalue weighted by molar-refractivity contribution is 7.09. The first-order valence-electron chi connectivity index (χ1n) is 9.08. The molecule has 1 aliphatic heterocycles. The fourth-order valence-electron chi connectivity index (χ4n) is 3.03. The average Bonchev–Trinajstić information content (AvgIpc) is 3.17. The molecule has 1 aliphatic rings. The monoisotopic (exact) mass is 394 g/mol. The van der Waals surface area contributed by atoms with Crippen LogP contribution < -0.4 is 10.2 Å². The molecule has 0 amide bonds. The van der Waals surface area contributed by atoms with Crippen molar-refractivity contribution in [3.63, 3.8) is 0 Å². The second kappa shape index (κ2) is 9.07. The van der Waals surface area contributed by atoms with Crippen molar-refractivity contribution in [2.75, 3.05) is 44.7 Å². The van der Waals surface area contributed by atoms with Gasteiger partial charge in [0.1, 0.15) is 17.5 Å². The molecule has 0 bridgehead atoms. The molecule has 0 spiro atoms. The first-order chi connectivity index (χ1) is 13.1. The first-order valence-corrected chi connectivity index (χ1v) is 9.85. The van der Waals surface area contributed by atoms with Crippen LogP contribution in [0.1, 0.15) is 18.3 Å². The second-order valence-corrected chi connectivity index (χ2v) is 6.98. The third-order valence-corrected chi connectivity index (χ3v) is 5.37. The molecular formula is C18H24F2N6S. The molecule has 146 valence electrons. The molecule has 9 heteroatoms. The van der Waals surface area contributed by atoms with E-state index in [1.807, 2.05) is 6.92 Å². The Bertz CT molecular complexity index is 766. The topological polar surface area (TPSA) is 56.7 Å². The van der Waals surface area contributed by atoms with Crippen LogP contribution in [0.25, 0.3) is 0 Å². The number of halogens is 2. The Kier molecular flexibility index (Phi) is 6.54. The number of hydrogen-bond donors (Lipinski definition) is 1. The summed E-state index contributed by atoms with van der Waals surface area (Å²) in [6, 6.07) is 3.94. The lowest BCUT2D eigenvalue weighted by molar-refractivity contribution is 0.372. The second-order valence-electron chi connectivity index (χ2n) is 6.25. The van der Waals surface area contributed by atoms with Gasteiger partial charge < -0.3 is 15.1 Å². The van der Waals surface area contributed by atoms with Crippen LogP contribution in [0.2, 0.25) is 0 Å². The van der Waals surface area contributed by atoms with Crippen molar-refractivity contribution in [3.05, 3.63) is 41.2 Å². The summed E-state index contributed by atoms with van der Waals surface area (Å²) >= 11 is 1.44. The molecule has 0 aliphatic carbocycles. The van der Waals surface area contributed by atoms with E-state index < -0.39 is 11.6 Å². The lowest BCUT2D eigenvalue weighted by Gasteiger charge is -2.36. The number of aromatic nitrogens is 2. The van der Waals surface area contributed by atoms with Gasteiger partial charge in [-0.2, -0.15) is 4.37 Å². The number of aryl methyl sites for hydroxylation is 1. The summed E-state index contributed by atoms with van der Waals surface area (Å²) in [5.74, 6) is 0.612. The third kappa shape index (κ3) is 4.71. The molecule has 3 rings (SSSR count). The highest BCUT2D eigenvalue weighted by atomic mass is 32.1. The average molecular weight is 394 g/mol. The quantitative estimate of drug-likeness (QED) is 0.623. The summed E-state index contributed by atoms with van der Waals surface area (Å²) in [6.45, 7) is 5.74. The van der Waals surface area contributed by atoms with Gasteiger partial charge in [-0.15, -0.1) is 0 Å². The van der Waals surface area contributed by atoms with E-state index in [-0.39, 0.29) is 12.0 Å². The fraction of sp³-hybridized carbons (Fsp3) is 0.500. The standard InChI is InChI=1S/C18H24F2N6S/c1-3-16-23-18(27-24-16)26-11-9-25(10-12-26)17(21-2)22-8-7-13-14(19)5-4-6-15(13)20/h4-6H,3,7-12H2,1-2H3,(H,21,22). The van der Waals surface area contributed by atoms with Gasteiger partial charge >= 0.3 is 0 Å². The van der Waals surface area contributed by atoms with Gasteiger partial charge in [-0.25, -0.2) is 13.8 Å². The minimum absolute atomic E-state index is 0.105. The van der Waals surface area contributed by atoms with Crippen LogP contribution in [-0.4, -0.2) is 60.0 Å². The predicted octanol–water partition coefficient (Wildman–Crippen LogP) is 2.32. The van der Waals surface area contributed by atoms with Gasteiger partial charge in [0.25, 0.3) is 0 Å². The van der Waals surface area contributed by atoms with Crippen molar-refractivity contribution in [1.82, 2.24) is 19.6 Å². The molecule has 0 atom stereocenters. The Morgan fingerprint density at radius 1 is 1.22 bits per heavy atom. The molecular weight excluding hydrogens is 370 g/mol. The molecule has 6 nitrogen and oxygen atoms in total. The van der Waals surface area contributed by atoms with Crippen molar-refractivity contribution >= 4 is 22.6 Å². The maximum Gasteiger partial charge on any atom is 0.205 e. The van der Waals surface area contributed by atoms with Crippen LogP contribution in [0.3, 0.4) is 0 Å². The maximum absolute atomic E-state index is 13.7. The molecule has 0 radical (unpaired) electrons. The van der Waals surface area contributed by atoms with E-state index in [4.69, 9.17) is 0 Å². The van der Waals surface area contributed by atoms with E-state index >= 15 is 0 Å². The summed E-state index contributed by atoms with van der Waals surface area (Å²) in [7, 11) is 1.72. The smallest absolute Gasteiger partial charge is 0.205 e. The largest absolute Gasteiger partial charge is 0.356 e. The lowest BCUT2D eigenvalue weighted by atomic mass is 10.1. The van der Waals surface area contributed by atoms with Crippen LogP contribution >= 0.6 is 11.5 Å².